The molecule has 0 fully saturated rings. The molecular weight excluding hydrogens is 166 g/mol. The van der Waals surface area contributed by atoms with Crippen molar-refractivity contribution in [3.05, 3.63) is 36.3 Å². The molecule has 0 aliphatic heterocycles. The lowest BCUT2D eigenvalue weighted by Gasteiger charge is -1.65. The smallest absolute Gasteiger partial charge is 0.203 e. The van der Waals surface area contributed by atoms with E-state index in [2.05, 4.69) is 4.42 Å². The van der Waals surface area contributed by atoms with Crippen molar-refractivity contribution in [2.45, 2.75) is 0 Å². The highest BCUT2D eigenvalue weighted by Crippen LogP contribution is 1.94. The Morgan fingerprint density at radius 2 is 1.77 bits per heavy atom. The van der Waals surface area contributed by atoms with Crippen molar-refractivity contribution < 1.29 is 4.42 Å². The number of allylic oxidation sites excluding steroid dienone is 2. The van der Waals surface area contributed by atoms with Crippen LogP contribution in [0.4, 0.5) is 0 Å². The summed E-state index contributed by atoms with van der Waals surface area (Å²) < 4.78 is 4.62. The predicted molar refractivity (Wildman–Crippen MR) is 43.8 cm³/mol. The van der Waals surface area contributed by atoms with Crippen LogP contribution in [0, 0.1) is 34.0 Å². The van der Waals surface area contributed by atoms with Gasteiger partial charge in [0, 0.05) is 12.2 Å². The molecule has 62 valence electrons. The molecule has 4 nitrogen and oxygen atoms in total. The number of hydrogen-bond donors (Lipinski definition) is 0. The van der Waals surface area contributed by atoms with E-state index in [4.69, 9.17) is 15.8 Å². The van der Waals surface area contributed by atoms with Gasteiger partial charge in [0.05, 0.1) is 18.4 Å². The molecule has 0 aliphatic rings. The van der Waals surface area contributed by atoms with Gasteiger partial charge < -0.3 is 4.42 Å². The molecule has 0 bridgehead atoms. The minimum absolute atomic E-state index is 0.361. The third-order valence-electron chi connectivity index (χ3n) is 0.864. The highest BCUT2D eigenvalue weighted by atomic mass is 16.3. The first-order chi connectivity index (χ1) is 6.35. The molecule has 0 atom stereocenters. The van der Waals surface area contributed by atoms with Crippen LogP contribution in [-0.4, -0.2) is 0 Å². The van der Waals surface area contributed by atoms with Crippen molar-refractivity contribution in [2.75, 3.05) is 0 Å². The van der Waals surface area contributed by atoms with E-state index < -0.39 is 0 Å². The Hall–Kier alpha value is -2.51. The fourth-order valence-electron chi connectivity index (χ4n) is 0.417. The van der Waals surface area contributed by atoms with Crippen LogP contribution in [-0.2, 0) is 0 Å². The molecule has 0 saturated heterocycles. The highest BCUT2D eigenvalue weighted by Gasteiger charge is 1.84. The van der Waals surface area contributed by atoms with Crippen molar-refractivity contribution in [1.29, 1.82) is 15.8 Å². The van der Waals surface area contributed by atoms with E-state index in [9.17, 15) is 0 Å². The van der Waals surface area contributed by atoms with Crippen molar-refractivity contribution in [2.24, 2.45) is 0 Å². The summed E-state index contributed by atoms with van der Waals surface area (Å²) >= 11 is 0. The quantitative estimate of drug-likeness (QED) is 0.556. The Bertz CT molecular complexity index is 354. The lowest BCUT2D eigenvalue weighted by Crippen LogP contribution is -1.54. The zero-order valence-corrected chi connectivity index (χ0v) is 6.64. The topological polar surface area (TPSA) is 84.5 Å². The van der Waals surface area contributed by atoms with Gasteiger partial charge in [0.25, 0.3) is 0 Å². The molecule has 1 aromatic rings. The van der Waals surface area contributed by atoms with Gasteiger partial charge in [-0.05, 0) is 12.1 Å². The van der Waals surface area contributed by atoms with Crippen molar-refractivity contribution in [1.82, 2.24) is 0 Å². The molecule has 4 heteroatoms. The monoisotopic (exact) mass is 171 g/mol. The maximum absolute atomic E-state index is 8.08. The number of rotatable bonds is 0. The van der Waals surface area contributed by atoms with Crippen molar-refractivity contribution in [3.63, 3.8) is 0 Å². The molecule has 0 spiro atoms. The minimum atomic E-state index is 0.361. The van der Waals surface area contributed by atoms with Gasteiger partial charge in [-0.25, -0.2) is 0 Å². The van der Waals surface area contributed by atoms with Crippen LogP contribution >= 0.6 is 0 Å². The summed E-state index contributed by atoms with van der Waals surface area (Å²) in [6.45, 7) is 0. The third-order valence-corrected chi connectivity index (χ3v) is 0.864. The summed E-state index contributed by atoms with van der Waals surface area (Å²) in [5.41, 5.74) is 0. The van der Waals surface area contributed by atoms with Gasteiger partial charge >= 0.3 is 0 Å². The summed E-state index contributed by atoms with van der Waals surface area (Å²) in [5, 5.41) is 23.5. The largest absolute Gasteiger partial charge is 0.454 e. The maximum atomic E-state index is 8.08. The molecule has 0 aliphatic carbocycles. The van der Waals surface area contributed by atoms with E-state index >= 15 is 0 Å². The van der Waals surface area contributed by atoms with Crippen LogP contribution in [0.25, 0.3) is 0 Å². The summed E-state index contributed by atoms with van der Waals surface area (Å²) in [6.07, 6.45) is 3.72. The Labute approximate surface area is 75.5 Å². The average molecular weight is 171 g/mol. The SMILES string of the molecule is N#CC=CC#N.N#Cc1ccco1. The normalized spacial score (nSPS) is 7.46. The third kappa shape index (κ3) is 5.91. The average Bonchev–Trinajstić information content (AvgIpc) is 2.68. The maximum Gasteiger partial charge on any atom is 0.203 e. The van der Waals surface area contributed by atoms with Gasteiger partial charge in [0.1, 0.15) is 6.07 Å². The van der Waals surface area contributed by atoms with Gasteiger partial charge in [0.15, 0.2) is 0 Å². The molecule has 0 aromatic carbocycles. The van der Waals surface area contributed by atoms with E-state index in [1.54, 1.807) is 24.3 Å². The van der Waals surface area contributed by atoms with Crippen LogP contribution in [0.1, 0.15) is 5.76 Å². The second-order valence-corrected chi connectivity index (χ2v) is 1.68. The summed E-state index contributed by atoms with van der Waals surface area (Å²) in [5.74, 6) is 0.361. The van der Waals surface area contributed by atoms with E-state index in [1.807, 2.05) is 6.07 Å². The van der Waals surface area contributed by atoms with Crippen molar-refractivity contribution >= 4 is 0 Å². The first kappa shape index (κ1) is 10.5. The zero-order valence-electron chi connectivity index (χ0n) is 6.64. The second kappa shape index (κ2) is 7.60. The molecule has 0 radical (unpaired) electrons. The van der Waals surface area contributed by atoms with Gasteiger partial charge in [0.2, 0.25) is 5.76 Å². The Balaban J connectivity index is 0.000000226. The highest BCUT2D eigenvalue weighted by molar-refractivity contribution is 5.14. The lowest BCUT2D eigenvalue weighted by molar-refractivity contribution is 0.553. The van der Waals surface area contributed by atoms with E-state index in [0.717, 1.165) is 12.2 Å². The molecular formula is C9H5N3O. The molecule has 0 N–H and O–H groups in total. The van der Waals surface area contributed by atoms with E-state index in [1.165, 1.54) is 6.26 Å². The van der Waals surface area contributed by atoms with Crippen LogP contribution < -0.4 is 0 Å². The van der Waals surface area contributed by atoms with Gasteiger partial charge in [-0.2, -0.15) is 15.8 Å². The number of nitriles is 3. The summed E-state index contributed by atoms with van der Waals surface area (Å²) in [6, 6.07) is 8.46. The molecule has 1 rings (SSSR count). The Morgan fingerprint density at radius 1 is 1.15 bits per heavy atom. The van der Waals surface area contributed by atoms with Gasteiger partial charge in [-0.15, -0.1) is 0 Å². The standard InChI is InChI=1S/C5H3NO.C4H2N2/c6-4-5-2-1-3-7-5;5-3-1-2-4-6/h1-3H;1-2H. The fraction of sp³-hybridized carbons (Fsp3) is 0. The number of hydrogen-bond acceptors (Lipinski definition) is 4. The van der Waals surface area contributed by atoms with Crippen LogP contribution in [0.3, 0.4) is 0 Å². The minimum Gasteiger partial charge on any atom is -0.454 e. The molecule has 1 heterocycles. The van der Waals surface area contributed by atoms with Crippen molar-refractivity contribution in [3.8, 4) is 18.2 Å². The Morgan fingerprint density at radius 3 is 2.00 bits per heavy atom. The van der Waals surface area contributed by atoms with E-state index in [0.29, 0.717) is 5.76 Å². The molecule has 0 unspecified atom stereocenters. The number of furan rings is 1. The van der Waals surface area contributed by atoms with Crippen LogP contribution in [0.2, 0.25) is 0 Å². The van der Waals surface area contributed by atoms with Crippen LogP contribution in [0.5, 0.6) is 0 Å². The molecule has 1 aromatic heterocycles. The van der Waals surface area contributed by atoms with Gasteiger partial charge in [-0.1, -0.05) is 0 Å². The second-order valence-electron chi connectivity index (χ2n) is 1.68. The summed E-state index contributed by atoms with van der Waals surface area (Å²) in [7, 11) is 0. The first-order valence-electron chi connectivity index (χ1n) is 3.23. The zero-order chi connectivity index (χ0) is 9.94. The lowest BCUT2D eigenvalue weighted by atomic mass is 10.5. The van der Waals surface area contributed by atoms with E-state index in [-0.39, 0.29) is 0 Å². The summed E-state index contributed by atoms with van der Waals surface area (Å²) in [4.78, 5) is 0. The molecule has 0 amide bonds. The first-order valence-corrected chi connectivity index (χ1v) is 3.23. The van der Waals surface area contributed by atoms with Gasteiger partial charge in [-0.3, -0.25) is 0 Å². The number of nitrogens with zero attached hydrogens (tertiary/aromatic N) is 3. The fourth-order valence-corrected chi connectivity index (χ4v) is 0.417. The van der Waals surface area contributed by atoms with Crippen LogP contribution in [0.15, 0.2) is 35.0 Å². The Kier molecular flexibility index (Phi) is 6.13. The molecule has 0 saturated carbocycles. The predicted octanol–water partition coefficient (Wildman–Crippen LogP) is 1.74. The molecule has 13 heavy (non-hydrogen) atoms.